The first-order chi connectivity index (χ1) is 6.97. The third kappa shape index (κ3) is 7.37. The number of rotatable bonds is 7. The summed E-state index contributed by atoms with van der Waals surface area (Å²) in [6, 6.07) is 0. The number of hydrogen-bond donors (Lipinski definition) is 1. The summed E-state index contributed by atoms with van der Waals surface area (Å²) in [7, 11) is 3.78. The van der Waals surface area contributed by atoms with Gasteiger partial charge in [-0.1, -0.05) is 20.8 Å². The largest absolute Gasteiger partial charge is 0.344 e. The van der Waals surface area contributed by atoms with E-state index in [2.05, 4.69) is 26.1 Å². The molecule has 0 saturated carbocycles. The Bertz CT molecular complexity index is 180. The van der Waals surface area contributed by atoms with Gasteiger partial charge in [-0.25, -0.2) is 0 Å². The van der Waals surface area contributed by atoms with Crippen molar-refractivity contribution >= 4 is 5.91 Å². The number of carbonyl (C=O) groups excluding carboxylic acids is 1. The number of nitrogens with zero attached hydrogens (tertiary/aromatic N) is 1. The molecule has 0 aliphatic heterocycles. The summed E-state index contributed by atoms with van der Waals surface area (Å²) in [5, 5.41) is 3.05. The van der Waals surface area contributed by atoms with Gasteiger partial charge in [-0.3, -0.25) is 4.79 Å². The molecule has 1 atom stereocenters. The van der Waals surface area contributed by atoms with Gasteiger partial charge in [-0.05, 0) is 25.3 Å². The Labute approximate surface area is 94.2 Å². The van der Waals surface area contributed by atoms with Gasteiger partial charge in [0.1, 0.15) is 0 Å². The minimum Gasteiger partial charge on any atom is -0.344 e. The van der Waals surface area contributed by atoms with Gasteiger partial charge in [0.25, 0.3) is 0 Å². The van der Waals surface area contributed by atoms with Crippen molar-refractivity contribution in [2.45, 2.75) is 33.6 Å². The molecule has 0 aromatic carbocycles. The Kier molecular flexibility index (Phi) is 7.39. The third-order valence-electron chi connectivity index (χ3n) is 2.52. The molecule has 15 heavy (non-hydrogen) atoms. The van der Waals surface area contributed by atoms with Gasteiger partial charge in [0.15, 0.2) is 0 Å². The Hall–Kier alpha value is -0.570. The molecule has 0 heterocycles. The molecule has 0 rings (SSSR count). The van der Waals surface area contributed by atoms with Crippen LogP contribution in [0.5, 0.6) is 0 Å². The standard InChI is InChI=1S/C12H26N2O/c1-10(2)8-11(3)9-12(15)14(5)7-6-13-4/h10-11,13H,6-9H2,1-5H3. The van der Waals surface area contributed by atoms with E-state index in [4.69, 9.17) is 0 Å². The van der Waals surface area contributed by atoms with Crippen LogP contribution in [0.3, 0.4) is 0 Å². The SMILES string of the molecule is CNCCN(C)C(=O)CC(C)CC(C)C. The zero-order valence-electron chi connectivity index (χ0n) is 10.8. The van der Waals surface area contributed by atoms with Crippen LogP contribution in [0.15, 0.2) is 0 Å². The third-order valence-corrected chi connectivity index (χ3v) is 2.52. The summed E-state index contributed by atoms with van der Waals surface area (Å²) in [4.78, 5) is 13.6. The van der Waals surface area contributed by atoms with E-state index in [1.165, 1.54) is 0 Å². The minimum atomic E-state index is 0.262. The van der Waals surface area contributed by atoms with Crippen LogP contribution in [0.4, 0.5) is 0 Å². The van der Waals surface area contributed by atoms with E-state index in [9.17, 15) is 4.79 Å². The molecule has 1 unspecified atom stereocenters. The smallest absolute Gasteiger partial charge is 0.222 e. The molecule has 3 nitrogen and oxygen atoms in total. The zero-order valence-corrected chi connectivity index (χ0v) is 10.8. The zero-order chi connectivity index (χ0) is 11.8. The summed E-state index contributed by atoms with van der Waals surface area (Å²) in [6.07, 6.45) is 1.81. The van der Waals surface area contributed by atoms with Gasteiger partial charge < -0.3 is 10.2 Å². The van der Waals surface area contributed by atoms with E-state index < -0.39 is 0 Å². The van der Waals surface area contributed by atoms with Crippen molar-refractivity contribution in [1.29, 1.82) is 0 Å². The van der Waals surface area contributed by atoms with Crippen molar-refractivity contribution in [3.8, 4) is 0 Å². The molecule has 0 aromatic heterocycles. The molecular weight excluding hydrogens is 188 g/mol. The average molecular weight is 214 g/mol. The van der Waals surface area contributed by atoms with Crippen LogP contribution in [-0.4, -0.2) is 38.0 Å². The fourth-order valence-corrected chi connectivity index (χ4v) is 1.75. The van der Waals surface area contributed by atoms with E-state index in [-0.39, 0.29) is 5.91 Å². The fraction of sp³-hybridized carbons (Fsp3) is 0.917. The summed E-state index contributed by atoms with van der Waals surface area (Å²) < 4.78 is 0. The highest BCUT2D eigenvalue weighted by atomic mass is 16.2. The first-order valence-corrected chi connectivity index (χ1v) is 5.86. The summed E-state index contributed by atoms with van der Waals surface area (Å²) >= 11 is 0. The molecular formula is C12H26N2O. The lowest BCUT2D eigenvalue weighted by molar-refractivity contribution is -0.130. The van der Waals surface area contributed by atoms with Gasteiger partial charge >= 0.3 is 0 Å². The average Bonchev–Trinajstić information content (AvgIpc) is 2.12. The Balaban J connectivity index is 3.80. The molecule has 0 saturated heterocycles. The van der Waals surface area contributed by atoms with E-state index in [1.807, 2.05) is 19.0 Å². The van der Waals surface area contributed by atoms with Crippen LogP contribution in [0, 0.1) is 11.8 Å². The van der Waals surface area contributed by atoms with E-state index in [0.29, 0.717) is 18.3 Å². The second kappa shape index (κ2) is 7.69. The normalized spacial score (nSPS) is 12.9. The topological polar surface area (TPSA) is 32.3 Å². The molecule has 0 spiro atoms. The van der Waals surface area contributed by atoms with Crippen LogP contribution in [-0.2, 0) is 4.79 Å². The van der Waals surface area contributed by atoms with Gasteiger partial charge in [-0.15, -0.1) is 0 Å². The van der Waals surface area contributed by atoms with Crippen LogP contribution < -0.4 is 5.32 Å². The fourth-order valence-electron chi connectivity index (χ4n) is 1.75. The molecule has 1 N–H and O–H groups in total. The van der Waals surface area contributed by atoms with Crippen LogP contribution in [0.25, 0.3) is 0 Å². The lowest BCUT2D eigenvalue weighted by Gasteiger charge is -2.20. The number of likely N-dealkylation sites (N-methyl/N-ethyl adjacent to an activating group) is 2. The molecule has 0 fully saturated rings. The predicted molar refractivity (Wildman–Crippen MR) is 64.8 cm³/mol. The van der Waals surface area contributed by atoms with Gasteiger partial charge in [0, 0.05) is 26.6 Å². The molecule has 1 amide bonds. The van der Waals surface area contributed by atoms with Gasteiger partial charge in [-0.2, -0.15) is 0 Å². The lowest BCUT2D eigenvalue weighted by Crippen LogP contribution is -2.33. The molecule has 90 valence electrons. The molecule has 0 aliphatic rings. The van der Waals surface area contributed by atoms with Crippen LogP contribution >= 0.6 is 0 Å². The Morgan fingerprint density at radius 2 is 1.93 bits per heavy atom. The van der Waals surface area contributed by atoms with E-state index >= 15 is 0 Å². The number of hydrogen-bond acceptors (Lipinski definition) is 2. The van der Waals surface area contributed by atoms with Crippen molar-refractivity contribution in [3.63, 3.8) is 0 Å². The maximum absolute atomic E-state index is 11.7. The molecule has 0 bridgehead atoms. The molecule has 0 radical (unpaired) electrons. The van der Waals surface area contributed by atoms with Gasteiger partial charge in [0.2, 0.25) is 5.91 Å². The minimum absolute atomic E-state index is 0.262. The second-order valence-electron chi connectivity index (χ2n) is 4.86. The summed E-state index contributed by atoms with van der Waals surface area (Å²) in [5.74, 6) is 1.43. The van der Waals surface area contributed by atoms with Crippen molar-refractivity contribution < 1.29 is 4.79 Å². The van der Waals surface area contributed by atoms with Crippen molar-refractivity contribution in [1.82, 2.24) is 10.2 Å². The first-order valence-electron chi connectivity index (χ1n) is 5.86. The Morgan fingerprint density at radius 1 is 1.33 bits per heavy atom. The number of amides is 1. The van der Waals surface area contributed by atoms with Crippen LogP contribution in [0.1, 0.15) is 33.6 Å². The van der Waals surface area contributed by atoms with Crippen molar-refractivity contribution in [2.75, 3.05) is 27.2 Å². The van der Waals surface area contributed by atoms with E-state index in [1.54, 1.807) is 0 Å². The maximum atomic E-state index is 11.7. The molecule has 0 aliphatic carbocycles. The highest BCUT2D eigenvalue weighted by Crippen LogP contribution is 2.15. The van der Waals surface area contributed by atoms with E-state index in [0.717, 1.165) is 19.5 Å². The van der Waals surface area contributed by atoms with Crippen LogP contribution in [0.2, 0.25) is 0 Å². The van der Waals surface area contributed by atoms with Crippen molar-refractivity contribution in [3.05, 3.63) is 0 Å². The first kappa shape index (κ1) is 14.4. The molecule has 3 heteroatoms. The monoisotopic (exact) mass is 214 g/mol. The van der Waals surface area contributed by atoms with Crippen molar-refractivity contribution in [2.24, 2.45) is 11.8 Å². The lowest BCUT2D eigenvalue weighted by atomic mass is 9.95. The Morgan fingerprint density at radius 3 is 2.40 bits per heavy atom. The number of carbonyl (C=O) groups is 1. The summed E-state index contributed by atoms with van der Waals surface area (Å²) in [5.41, 5.74) is 0. The predicted octanol–water partition coefficient (Wildman–Crippen LogP) is 1.74. The summed E-state index contributed by atoms with van der Waals surface area (Å²) in [6.45, 7) is 8.21. The highest BCUT2D eigenvalue weighted by Gasteiger charge is 2.13. The highest BCUT2D eigenvalue weighted by molar-refractivity contribution is 5.76. The molecule has 0 aromatic rings. The quantitative estimate of drug-likeness (QED) is 0.700. The maximum Gasteiger partial charge on any atom is 0.222 e. The second-order valence-corrected chi connectivity index (χ2v) is 4.86. The van der Waals surface area contributed by atoms with Gasteiger partial charge in [0.05, 0.1) is 0 Å². The number of nitrogens with one attached hydrogen (secondary N) is 1.